The van der Waals surface area contributed by atoms with E-state index >= 15 is 0 Å². The Bertz CT molecular complexity index is 344. The Morgan fingerprint density at radius 2 is 2.31 bits per heavy atom. The highest BCUT2D eigenvalue weighted by Gasteiger charge is 1.94. The van der Waals surface area contributed by atoms with Crippen LogP contribution in [-0.4, -0.2) is 18.1 Å². The maximum absolute atomic E-state index is 8.76. The minimum atomic E-state index is 0.737. The van der Waals surface area contributed by atoms with E-state index in [1.165, 1.54) is 23.5 Å². The van der Waals surface area contributed by atoms with Gasteiger partial charge in [-0.15, -0.1) is 0 Å². The van der Waals surface area contributed by atoms with Crippen molar-refractivity contribution in [2.45, 2.75) is 19.9 Å². The summed E-state index contributed by atoms with van der Waals surface area (Å²) in [5, 5.41) is 12.1. The molecule has 86 valence electrons. The molecule has 0 saturated heterocycles. The lowest BCUT2D eigenvalue weighted by molar-refractivity contribution is 0.679. The summed E-state index contributed by atoms with van der Waals surface area (Å²) < 4.78 is 0. The van der Waals surface area contributed by atoms with Crippen LogP contribution in [-0.2, 0) is 6.54 Å². The van der Waals surface area contributed by atoms with Crippen LogP contribution in [0, 0.1) is 11.3 Å². The second kappa shape index (κ2) is 8.20. The highest BCUT2D eigenvalue weighted by Crippen LogP contribution is 2.04. The van der Waals surface area contributed by atoms with Gasteiger partial charge in [0.2, 0.25) is 0 Å². The van der Waals surface area contributed by atoms with Crippen molar-refractivity contribution in [3.05, 3.63) is 35.4 Å². The van der Waals surface area contributed by atoms with Crippen LogP contribution in [0.2, 0.25) is 0 Å². The average Bonchev–Trinajstić information content (AvgIpc) is 2.34. The molecule has 0 bridgehead atoms. The maximum atomic E-state index is 8.76. The van der Waals surface area contributed by atoms with Crippen LogP contribution in [0.25, 0.3) is 0 Å². The molecule has 0 unspecified atom stereocenters. The van der Waals surface area contributed by atoms with Gasteiger partial charge in [-0.1, -0.05) is 19.1 Å². The molecule has 1 N–H and O–H groups in total. The molecule has 0 saturated carbocycles. The quantitative estimate of drug-likeness (QED) is 0.737. The van der Waals surface area contributed by atoms with E-state index in [4.69, 9.17) is 5.26 Å². The van der Waals surface area contributed by atoms with Crippen LogP contribution >= 0.6 is 11.8 Å². The fraction of sp³-hybridized carbons (Fsp3) is 0.462. The first-order valence-electron chi connectivity index (χ1n) is 5.64. The molecule has 0 heterocycles. The minimum Gasteiger partial charge on any atom is -0.313 e. The largest absolute Gasteiger partial charge is 0.313 e. The SMILES string of the molecule is CCSCCCNCc1cccc(C#N)c1. The molecule has 0 aliphatic rings. The van der Waals surface area contributed by atoms with E-state index in [2.05, 4.69) is 24.4 Å². The standard InChI is InChI=1S/C13H18N2S/c1-2-16-8-4-7-15-11-13-6-3-5-12(9-13)10-14/h3,5-6,9,15H,2,4,7-8,11H2,1H3. The Hall–Kier alpha value is -0.980. The number of nitriles is 1. The van der Waals surface area contributed by atoms with Crippen molar-refractivity contribution in [1.29, 1.82) is 5.26 Å². The predicted octanol–water partition coefficient (Wildman–Crippen LogP) is 2.79. The molecule has 0 amide bonds. The number of rotatable bonds is 7. The van der Waals surface area contributed by atoms with Gasteiger partial charge in [-0.3, -0.25) is 0 Å². The Morgan fingerprint density at radius 3 is 3.06 bits per heavy atom. The van der Waals surface area contributed by atoms with Gasteiger partial charge in [-0.05, 0) is 42.2 Å². The van der Waals surface area contributed by atoms with Crippen molar-refractivity contribution >= 4 is 11.8 Å². The van der Waals surface area contributed by atoms with Crippen molar-refractivity contribution in [2.75, 3.05) is 18.1 Å². The van der Waals surface area contributed by atoms with Crippen LogP contribution in [0.1, 0.15) is 24.5 Å². The molecule has 0 spiro atoms. The summed E-state index contributed by atoms with van der Waals surface area (Å²) in [6, 6.07) is 9.91. The highest BCUT2D eigenvalue weighted by molar-refractivity contribution is 7.99. The van der Waals surface area contributed by atoms with Gasteiger partial charge in [0.25, 0.3) is 0 Å². The number of hydrogen-bond donors (Lipinski definition) is 1. The van der Waals surface area contributed by atoms with E-state index in [-0.39, 0.29) is 0 Å². The van der Waals surface area contributed by atoms with E-state index in [1.807, 2.05) is 30.0 Å². The first-order chi connectivity index (χ1) is 7.86. The maximum Gasteiger partial charge on any atom is 0.0991 e. The second-order valence-electron chi connectivity index (χ2n) is 3.54. The molecular formula is C13H18N2S. The van der Waals surface area contributed by atoms with Gasteiger partial charge in [0.15, 0.2) is 0 Å². The third-order valence-corrected chi connectivity index (χ3v) is 3.22. The molecule has 1 rings (SSSR count). The monoisotopic (exact) mass is 234 g/mol. The van der Waals surface area contributed by atoms with Crippen molar-refractivity contribution in [3.63, 3.8) is 0 Å². The summed E-state index contributed by atoms with van der Waals surface area (Å²) in [4.78, 5) is 0. The molecule has 0 aliphatic heterocycles. The molecule has 2 nitrogen and oxygen atoms in total. The summed E-state index contributed by atoms with van der Waals surface area (Å²) in [6.07, 6.45) is 1.20. The molecule has 0 aliphatic carbocycles. The fourth-order valence-corrected chi connectivity index (χ4v) is 2.06. The number of nitrogens with zero attached hydrogens (tertiary/aromatic N) is 1. The lowest BCUT2D eigenvalue weighted by atomic mass is 10.1. The van der Waals surface area contributed by atoms with E-state index in [1.54, 1.807) is 0 Å². The molecular weight excluding hydrogens is 216 g/mol. The Balaban J connectivity index is 2.19. The summed E-state index contributed by atoms with van der Waals surface area (Å²) in [5.74, 6) is 2.42. The number of thioether (sulfide) groups is 1. The highest BCUT2D eigenvalue weighted by atomic mass is 32.2. The molecule has 1 aromatic carbocycles. The Labute approximate surface area is 102 Å². The second-order valence-corrected chi connectivity index (χ2v) is 4.93. The van der Waals surface area contributed by atoms with Gasteiger partial charge in [0.05, 0.1) is 11.6 Å². The van der Waals surface area contributed by atoms with Crippen LogP contribution < -0.4 is 5.32 Å². The molecule has 1 aromatic rings. The van der Waals surface area contributed by atoms with Gasteiger partial charge in [-0.2, -0.15) is 17.0 Å². The van der Waals surface area contributed by atoms with E-state index in [0.29, 0.717) is 0 Å². The predicted molar refractivity (Wildman–Crippen MR) is 70.5 cm³/mol. The summed E-state index contributed by atoms with van der Waals surface area (Å²) in [6.45, 7) is 4.08. The number of hydrogen-bond acceptors (Lipinski definition) is 3. The zero-order chi connectivity index (χ0) is 11.6. The van der Waals surface area contributed by atoms with Crippen molar-refractivity contribution in [3.8, 4) is 6.07 Å². The van der Waals surface area contributed by atoms with Crippen molar-refractivity contribution in [2.24, 2.45) is 0 Å². The van der Waals surface area contributed by atoms with Gasteiger partial charge in [0.1, 0.15) is 0 Å². The van der Waals surface area contributed by atoms with E-state index < -0.39 is 0 Å². The Morgan fingerprint density at radius 1 is 1.44 bits per heavy atom. The summed E-state index contributed by atoms with van der Waals surface area (Å²) in [5.41, 5.74) is 1.92. The van der Waals surface area contributed by atoms with E-state index in [9.17, 15) is 0 Å². The summed E-state index contributed by atoms with van der Waals surface area (Å²) >= 11 is 1.98. The van der Waals surface area contributed by atoms with Crippen LogP contribution in [0.3, 0.4) is 0 Å². The molecule has 0 atom stereocenters. The topological polar surface area (TPSA) is 35.8 Å². The van der Waals surface area contributed by atoms with Crippen molar-refractivity contribution in [1.82, 2.24) is 5.32 Å². The normalized spacial score (nSPS) is 10.0. The molecule has 3 heteroatoms. The fourth-order valence-electron chi connectivity index (χ4n) is 1.43. The first kappa shape index (κ1) is 13.1. The minimum absolute atomic E-state index is 0.737. The smallest absolute Gasteiger partial charge is 0.0991 e. The number of nitrogens with one attached hydrogen (secondary N) is 1. The van der Waals surface area contributed by atoms with Gasteiger partial charge < -0.3 is 5.32 Å². The van der Waals surface area contributed by atoms with E-state index in [0.717, 1.165) is 18.7 Å². The van der Waals surface area contributed by atoms with Gasteiger partial charge >= 0.3 is 0 Å². The lowest BCUT2D eigenvalue weighted by Crippen LogP contribution is -2.15. The van der Waals surface area contributed by atoms with Gasteiger partial charge in [0, 0.05) is 6.54 Å². The molecule has 0 aromatic heterocycles. The zero-order valence-electron chi connectivity index (χ0n) is 9.70. The average molecular weight is 234 g/mol. The molecule has 16 heavy (non-hydrogen) atoms. The third-order valence-electron chi connectivity index (χ3n) is 2.23. The third kappa shape index (κ3) is 5.20. The summed E-state index contributed by atoms with van der Waals surface area (Å²) in [7, 11) is 0. The molecule has 0 fully saturated rings. The first-order valence-corrected chi connectivity index (χ1v) is 6.79. The Kier molecular flexibility index (Phi) is 6.71. The zero-order valence-corrected chi connectivity index (χ0v) is 10.5. The van der Waals surface area contributed by atoms with Crippen LogP contribution in [0.15, 0.2) is 24.3 Å². The van der Waals surface area contributed by atoms with Crippen LogP contribution in [0.5, 0.6) is 0 Å². The van der Waals surface area contributed by atoms with Crippen molar-refractivity contribution < 1.29 is 0 Å². The van der Waals surface area contributed by atoms with Crippen LogP contribution in [0.4, 0.5) is 0 Å². The number of benzene rings is 1. The lowest BCUT2D eigenvalue weighted by Gasteiger charge is -2.04. The molecule has 0 radical (unpaired) electrons. The van der Waals surface area contributed by atoms with Gasteiger partial charge in [-0.25, -0.2) is 0 Å².